The maximum absolute atomic E-state index is 11.4. The van der Waals surface area contributed by atoms with E-state index in [0.29, 0.717) is 22.2 Å². The van der Waals surface area contributed by atoms with Gasteiger partial charge in [0, 0.05) is 0 Å². The first kappa shape index (κ1) is 9.21. The van der Waals surface area contributed by atoms with Gasteiger partial charge < -0.3 is 9.72 Å². The number of H-pyrrole nitrogens is 1. The number of aromatic nitrogens is 2. The number of nitriles is 1. The number of benzene rings is 1. The molecule has 2 aromatic rings. The number of rotatable bonds is 1. The Morgan fingerprint density at radius 3 is 3.07 bits per heavy atom. The minimum atomic E-state index is -0.461. The summed E-state index contributed by atoms with van der Waals surface area (Å²) in [7, 11) is 1.30. The molecule has 15 heavy (non-hydrogen) atoms. The first-order chi connectivity index (χ1) is 7.27. The summed E-state index contributed by atoms with van der Waals surface area (Å²) < 4.78 is 4.61. The Morgan fingerprint density at radius 1 is 1.60 bits per heavy atom. The van der Waals surface area contributed by atoms with Gasteiger partial charge in [-0.15, -0.1) is 0 Å². The summed E-state index contributed by atoms with van der Waals surface area (Å²) in [5.41, 5.74) is 1.82. The number of nitrogens with zero attached hydrogens (tertiary/aromatic N) is 2. The molecule has 5 heteroatoms. The monoisotopic (exact) mass is 201 g/mol. The van der Waals surface area contributed by atoms with Crippen LogP contribution in [-0.2, 0) is 4.74 Å². The Morgan fingerprint density at radius 2 is 2.40 bits per heavy atom. The highest BCUT2D eigenvalue weighted by Gasteiger charge is 2.14. The van der Waals surface area contributed by atoms with Crippen LogP contribution in [0.5, 0.6) is 0 Å². The zero-order valence-electron chi connectivity index (χ0n) is 7.94. The van der Waals surface area contributed by atoms with E-state index >= 15 is 0 Å². The molecule has 2 rings (SSSR count). The summed E-state index contributed by atoms with van der Waals surface area (Å²) in [5, 5.41) is 8.83. The lowest BCUT2D eigenvalue weighted by molar-refractivity contribution is 0.0603. The van der Waals surface area contributed by atoms with Gasteiger partial charge in [0.1, 0.15) is 11.6 Å². The van der Waals surface area contributed by atoms with Crippen molar-refractivity contribution in [1.82, 2.24) is 9.97 Å². The van der Waals surface area contributed by atoms with Crippen molar-refractivity contribution in [3.63, 3.8) is 0 Å². The second kappa shape index (κ2) is 3.42. The molecule has 0 aliphatic heterocycles. The highest BCUT2D eigenvalue weighted by molar-refractivity contribution is 6.03. The zero-order valence-corrected chi connectivity index (χ0v) is 7.94. The maximum Gasteiger partial charge on any atom is 0.340 e. The average molecular weight is 201 g/mol. The number of nitrogens with one attached hydrogen (secondary N) is 1. The fraction of sp³-hybridized carbons (Fsp3) is 0.100. The number of hydrogen-bond acceptors (Lipinski definition) is 4. The Labute approximate surface area is 85.3 Å². The summed E-state index contributed by atoms with van der Waals surface area (Å²) in [6.07, 6.45) is 1.44. The fourth-order valence-electron chi connectivity index (χ4n) is 1.40. The van der Waals surface area contributed by atoms with Crippen LogP contribution < -0.4 is 0 Å². The zero-order chi connectivity index (χ0) is 10.8. The molecule has 0 aliphatic rings. The van der Waals surface area contributed by atoms with Crippen LogP contribution in [0.25, 0.3) is 11.0 Å². The Bertz CT molecular complexity index is 566. The smallest absolute Gasteiger partial charge is 0.340 e. The third kappa shape index (κ3) is 1.32. The van der Waals surface area contributed by atoms with Crippen LogP contribution in [0.15, 0.2) is 18.5 Å². The van der Waals surface area contributed by atoms with Crippen molar-refractivity contribution in [2.45, 2.75) is 0 Å². The van der Waals surface area contributed by atoms with Crippen molar-refractivity contribution in [1.29, 1.82) is 5.26 Å². The molecule has 0 saturated carbocycles. The van der Waals surface area contributed by atoms with Crippen LogP contribution in [0.4, 0.5) is 0 Å². The van der Waals surface area contributed by atoms with Crippen molar-refractivity contribution in [2.24, 2.45) is 0 Å². The van der Waals surface area contributed by atoms with Crippen molar-refractivity contribution in [3.8, 4) is 6.07 Å². The van der Waals surface area contributed by atoms with E-state index in [9.17, 15) is 4.79 Å². The molecule has 0 amide bonds. The van der Waals surface area contributed by atoms with Crippen LogP contribution in [0, 0.1) is 11.3 Å². The molecule has 5 nitrogen and oxygen atoms in total. The van der Waals surface area contributed by atoms with Gasteiger partial charge in [-0.25, -0.2) is 9.78 Å². The fourth-order valence-corrected chi connectivity index (χ4v) is 1.40. The highest BCUT2D eigenvalue weighted by Crippen LogP contribution is 2.19. The number of carbonyl (C=O) groups is 1. The van der Waals surface area contributed by atoms with Gasteiger partial charge in [0.15, 0.2) is 0 Å². The third-order valence-electron chi connectivity index (χ3n) is 2.11. The predicted octanol–water partition coefficient (Wildman–Crippen LogP) is 1.22. The number of ether oxygens (including phenoxy) is 1. The van der Waals surface area contributed by atoms with Gasteiger partial charge in [-0.3, -0.25) is 0 Å². The van der Waals surface area contributed by atoms with E-state index in [1.54, 1.807) is 6.07 Å². The normalized spacial score (nSPS) is 9.87. The van der Waals surface area contributed by atoms with Crippen LogP contribution in [-0.4, -0.2) is 23.0 Å². The number of methoxy groups -OCH3 is 1. The van der Waals surface area contributed by atoms with Crippen LogP contribution in [0.3, 0.4) is 0 Å². The van der Waals surface area contributed by atoms with Gasteiger partial charge in [0.25, 0.3) is 0 Å². The van der Waals surface area contributed by atoms with Crippen LogP contribution in [0.2, 0.25) is 0 Å². The number of aromatic amines is 1. The summed E-state index contributed by atoms with van der Waals surface area (Å²) in [6, 6.07) is 5.11. The minimum absolute atomic E-state index is 0.354. The van der Waals surface area contributed by atoms with Crippen LogP contribution in [0.1, 0.15) is 15.9 Å². The molecule has 74 valence electrons. The lowest BCUT2D eigenvalue weighted by Gasteiger charge is -2.00. The summed E-state index contributed by atoms with van der Waals surface area (Å²) in [5.74, 6) is -0.461. The molecule has 0 spiro atoms. The van der Waals surface area contributed by atoms with Gasteiger partial charge >= 0.3 is 5.97 Å². The quantitative estimate of drug-likeness (QED) is 0.703. The van der Waals surface area contributed by atoms with E-state index in [4.69, 9.17) is 5.26 Å². The molecule has 0 bridgehead atoms. The van der Waals surface area contributed by atoms with Crippen molar-refractivity contribution >= 4 is 17.0 Å². The van der Waals surface area contributed by atoms with E-state index in [2.05, 4.69) is 14.7 Å². The Balaban J connectivity index is 2.75. The van der Waals surface area contributed by atoms with Crippen molar-refractivity contribution in [3.05, 3.63) is 29.6 Å². The topological polar surface area (TPSA) is 78.8 Å². The van der Waals surface area contributed by atoms with E-state index < -0.39 is 5.97 Å². The average Bonchev–Trinajstić information content (AvgIpc) is 2.75. The molecule has 0 radical (unpaired) electrons. The Kier molecular flexibility index (Phi) is 2.10. The summed E-state index contributed by atoms with van der Waals surface area (Å²) >= 11 is 0. The number of carbonyl (C=O) groups excluding carboxylic acids is 1. The number of imidazole rings is 1. The number of hydrogen-bond donors (Lipinski definition) is 1. The standard InChI is InChI=1S/C10H7N3O2/c1-15-10(14)7-3-2-6(4-11)8-9(7)13-5-12-8/h2-3,5H,1H3,(H,12,13). The molecule has 0 unspecified atom stereocenters. The van der Waals surface area contributed by atoms with E-state index in [0.717, 1.165) is 0 Å². The van der Waals surface area contributed by atoms with E-state index in [-0.39, 0.29) is 0 Å². The number of esters is 1. The minimum Gasteiger partial charge on any atom is -0.465 e. The molecular weight excluding hydrogens is 194 g/mol. The summed E-state index contributed by atoms with van der Waals surface area (Å²) in [4.78, 5) is 18.2. The number of fused-ring (bicyclic) bond motifs is 1. The molecule has 0 fully saturated rings. The molecule has 1 heterocycles. The van der Waals surface area contributed by atoms with Gasteiger partial charge in [-0.1, -0.05) is 0 Å². The van der Waals surface area contributed by atoms with Crippen LogP contribution >= 0.6 is 0 Å². The second-order valence-corrected chi connectivity index (χ2v) is 2.89. The molecule has 0 aliphatic carbocycles. The molecular formula is C10H7N3O2. The first-order valence-electron chi connectivity index (χ1n) is 4.22. The molecule has 1 N–H and O–H groups in total. The van der Waals surface area contributed by atoms with E-state index in [1.165, 1.54) is 19.5 Å². The first-order valence-corrected chi connectivity index (χ1v) is 4.22. The molecule has 0 saturated heterocycles. The SMILES string of the molecule is COC(=O)c1ccc(C#N)c2[nH]cnc12. The van der Waals surface area contributed by atoms with E-state index in [1.807, 2.05) is 6.07 Å². The molecule has 0 atom stereocenters. The largest absolute Gasteiger partial charge is 0.465 e. The lowest BCUT2D eigenvalue weighted by atomic mass is 10.1. The van der Waals surface area contributed by atoms with Gasteiger partial charge in [0.05, 0.1) is 30.1 Å². The molecule has 1 aromatic heterocycles. The maximum atomic E-state index is 11.4. The lowest BCUT2D eigenvalue weighted by Crippen LogP contribution is -2.02. The van der Waals surface area contributed by atoms with Gasteiger partial charge in [-0.05, 0) is 12.1 Å². The summed E-state index contributed by atoms with van der Waals surface area (Å²) in [6.45, 7) is 0. The van der Waals surface area contributed by atoms with Crippen molar-refractivity contribution < 1.29 is 9.53 Å². The van der Waals surface area contributed by atoms with Crippen molar-refractivity contribution in [2.75, 3.05) is 7.11 Å². The highest BCUT2D eigenvalue weighted by atomic mass is 16.5. The third-order valence-corrected chi connectivity index (χ3v) is 2.11. The molecule has 1 aromatic carbocycles. The Hall–Kier alpha value is -2.35. The van der Waals surface area contributed by atoms with Gasteiger partial charge in [-0.2, -0.15) is 5.26 Å². The predicted molar refractivity (Wildman–Crippen MR) is 52.1 cm³/mol. The second-order valence-electron chi connectivity index (χ2n) is 2.89. The van der Waals surface area contributed by atoms with Gasteiger partial charge in [0.2, 0.25) is 0 Å².